The third-order valence-corrected chi connectivity index (χ3v) is 2.86. The maximum absolute atomic E-state index is 11.8. The highest BCUT2D eigenvalue weighted by Gasteiger charge is 2.02. The standard InChI is InChI=1S/C15H16N2O3/c1-10-6-11(2)17(15(19)7-10)16-9-12-4-5-13(18)14(8-12)20-3/h4-9,18H,1-3H3/b16-9+. The number of pyridine rings is 1. The van der Waals surface area contributed by atoms with E-state index in [1.807, 2.05) is 19.9 Å². The van der Waals surface area contributed by atoms with Crippen LogP contribution in [-0.2, 0) is 0 Å². The maximum Gasteiger partial charge on any atom is 0.271 e. The Bertz CT molecular complexity index is 718. The second-order valence-corrected chi connectivity index (χ2v) is 4.50. The summed E-state index contributed by atoms with van der Waals surface area (Å²) in [5, 5.41) is 13.7. The Morgan fingerprint density at radius 2 is 2.00 bits per heavy atom. The Morgan fingerprint density at radius 3 is 2.65 bits per heavy atom. The molecule has 0 aliphatic heterocycles. The Labute approximate surface area is 116 Å². The van der Waals surface area contributed by atoms with E-state index in [2.05, 4.69) is 5.10 Å². The molecule has 0 aliphatic rings. The van der Waals surface area contributed by atoms with Gasteiger partial charge in [-0.05, 0) is 49.2 Å². The fraction of sp³-hybridized carbons (Fsp3) is 0.200. The zero-order valence-electron chi connectivity index (χ0n) is 11.6. The number of aromatic nitrogens is 1. The van der Waals surface area contributed by atoms with Crippen LogP contribution in [0, 0.1) is 13.8 Å². The molecule has 2 rings (SSSR count). The van der Waals surface area contributed by atoms with Crippen LogP contribution in [0.25, 0.3) is 0 Å². The third-order valence-electron chi connectivity index (χ3n) is 2.86. The van der Waals surface area contributed by atoms with Crippen molar-refractivity contribution in [3.8, 4) is 11.5 Å². The van der Waals surface area contributed by atoms with Gasteiger partial charge in [0.1, 0.15) is 0 Å². The summed E-state index contributed by atoms with van der Waals surface area (Å²) in [5.74, 6) is 0.426. The number of hydrogen-bond donors (Lipinski definition) is 1. The predicted octanol–water partition coefficient (Wildman–Crippen LogP) is 2.06. The van der Waals surface area contributed by atoms with Gasteiger partial charge in [0.2, 0.25) is 0 Å². The smallest absolute Gasteiger partial charge is 0.271 e. The average Bonchev–Trinajstić information content (AvgIpc) is 2.39. The third kappa shape index (κ3) is 2.88. The normalized spacial score (nSPS) is 10.9. The fourth-order valence-corrected chi connectivity index (χ4v) is 1.91. The SMILES string of the molecule is COc1cc(/C=N/n2c(C)cc(C)cc2=O)ccc1O. The van der Waals surface area contributed by atoms with Crippen LogP contribution in [0.2, 0.25) is 0 Å². The molecular weight excluding hydrogens is 256 g/mol. The first-order valence-corrected chi connectivity index (χ1v) is 6.13. The van der Waals surface area contributed by atoms with Crippen molar-refractivity contribution < 1.29 is 9.84 Å². The Morgan fingerprint density at radius 1 is 1.25 bits per heavy atom. The van der Waals surface area contributed by atoms with Crippen LogP contribution in [-0.4, -0.2) is 23.1 Å². The Hall–Kier alpha value is -2.56. The van der Waals surface area contributed by atoms with Crippen LogP contribution in [0.3, 0.4) is 0 Å². The predicted molar refractivity (Wildman–Crippen MR) is 77.8 cm³/mol. The monoisotopic (exact) mass is 272 g/mol. The molecule has 20 heavy (non-hydrogen) atoms. The van der Waals surface area contributed by atoms with Gasteiger partial charge in [-0.2, -0.15) is 5.10 Å². The molecule has 0 fully saturated rings. The number of nitrogens with zero attached hydrogens (tertiary/aromatic N) is 2. The second kappa shape index (κ2) is 5.61. The number of rotatable bonds is 3. The molecule has 0 saturated carbocycles. The van der Waals surface area contributed by atoms with Gasteiger partial charge in [-0.25, -0.2) is 4.68 Å². The van der Waals surface area contributed by atoms with E-state index in [-0.39, 0.29) is 11.3 Å². The molecule has 0 spiro atoms. The molecule has 1 heterocycles. The minimum Gasteiger partial charge on any atom is -0.504 e. The molecule has 5 heteroatoms. The summed E-state index contributed by atoms with van der Waals surface area (Å²) in [6, 6.07) is 8.27. The van der Waals surface area contributed by atoms with E-state index in [4.69, 9.17) is 4.74 Å². The summed E-state index contributed by atoms with van der Waals surface area (Å²) < 4.78 is 6.35. The van der Waals surface area contributed by atoms with Crippen LogP contribution in [0.15, 0.2) is 40.2 Å². The zero-order chi connectivity index (χ0) is 14.7. The van der Waals surface area contributed by atoms with Crippen LogP contribution in [0.4, 0.5) is 0 Å². The van der Waals surface area contributed by atoms with Crippen molar-refractivity contribution in [3.05, 3.63) is 57.5 Å². The molecule has 0 unspecified atom stereocenters. The Balaban J connectivity index is 2.37. The number of phenols is 1. The van der Waals surface area contributed by atoms with Crippen molar-refractivity contribution in [2.24, 2.45) is 5.10 Å². The maximum atomic E-state index is 11.8. The summed E-state index contributed by atoms with van der Waals surface area (Å²) in [6.07, 6.45) is 1.55. The van der Waals surface area contributed by atoms with E-state index >= 15 is 0 Å². The molecule has 5 nitrogen and oxygen atoms in total. The summed E-state index contributed by atoms with van der Waals surface area (Å²) in [7, 11) is 1.48. The van der Waals surface area contributed by atoms with Crippen molar-refractivity contribution in [2.75, 3.05) is 7.11 Å². The average molecular weight is 272 g/mol. The number of methoxy groups -OCH3 is 1. The summed E-state index contributed by atoms with van der Waals surface area (Å²) in [4.78, 5) is 11.8. The van der Waals surface area contributed by atoms with Gasteiger partial charge in [-0.15, -0.1) is 0 Å². The number of benzene rings is 1. The van der Waals surface area contributed by atoms with E-state index in [9.17, 15) is 9.90 Å². The number of aryl methyl sites for hydroxylation is 2. The lowest BCUT2D eigenvalue weighted by Crippen LogP contribution is -2.18. The quantitative estimate of drug-likeness (QED) is 0.870. The highest BCUT2D eigenvalue weighted by atomic mass is 16.5. The summed E-state index contributed by atoms with van der Waals surface area (Å²) in [6.45, 7) is 3.69. The minimum absolute atomic E-state index is 0.0633. The lowest BCUT2D eigenvalue weighted by molar-refractivity contribution is 0.373. The highest BCUT2D eigenvalue weighted by molar-refractivity contribution is 5.80. The van der Waals surface area contributed by atoms with Crippen LogP contribution >= 0.6 is 0 Å². The summed E-state index contributed by atoms with van der Waals surface area (Å²) in [5.41, 5.74) is 2.22. The van der Waals surface area contributed by atoms with Crippen LogP contribution in [0.5, 0.6) is 11.5 Å². The molecule has 0 atom stereocenters. The van der Waals surface area contributed by atoms with Crippen LogP contribution < -0.4 is 10.3 Å². The van der Waals surface area contributed by atoms with Gasteiger partial charge in [-0.3, -0.25) is 4.79 Å². The first kappa shape index (κ1) is 13.9. The van der Waals surface area contributed by atoms with Gasteiger partial charge in [0.15, 0.2) is 11.5 Å². The molecule has 0 bridgehead atoms. The summed E-state index contributed by atoms with van der Waals surface area (Å²) >= 11 is 0. The Kier molecular flexibility index (Phi) is 3.89. The van der Waals surface area contributed by atoms with Gasteiger partial charge in [0, 0.05) is 11.8 Å². The van der Waals surface area contributed by atoms with E-state index < -0.39 is 0 Å². The van der Waals surface area contributed by atoms with E-state index in [0.717, 1.165) is 16.8 Å². The molecule has 1 N–H and O–H groups in total. The topological polar surface area (TPSA) is 63.8 Å². The van der Waals surface area contributed by atoms with Gasteiger partial charge in [0.05, 0.1) is 13.3 Å². The fourth-order valence-electron chi connectivity index (χ4n) is 1.91. The molecule has 0 radical (unpaired) electrons. The number of hydrogen-bond acceptors (Lipinski definition) is 4. The first-order chi connectivity index (χ1) is 9.51. The molecule has 0 saturated heterocycles. The number of ether oxygens (including phenoxy) is 1. The van der Waals surface area contributed by atoms with E-state index in [1.54, 1.807) is 18.3 Å². The van der Waals surface area contributed by atoms with Crippen molar-refractivity contribution in [2.45, 2.75) is 13.8 Å². The van der Waals surface area contributed by atoms with Crippen molar-refractivity contribution in [1.82, 2.24) is 4.68 Å². The molecule has 1 aromatic carbocycles. The number of aromatic hydroxyl groups is 1. The molecule has 0 amide bonds. The van der Waals surface area contributed by atoms with Gasteiger partial charge >= 0.3 is 0 Å². The molecule has 104 valence electrons. The molecule has 0 aliphatic carbocycles. The van der Waals surface area contributed by atoms with E-state index in [0.29, 0.717) is 5.75 Å². The largest absolute Gasteiger partial charge is 0.504 e. The highest BCUT2D eigenvalue weighted by Crippen LogP contribution is 2.25. The van der Waals surface area contributed by atoms with Crippen LogP contribution in [0.1, 0.15) is 16.8 Å². The molecule has 2 aromatic rings. The second-order valence-electron chi connectivity index (χ2n) is 4.50. The first-order valence-electron chi connectivity index (χ1n) is 6.13. The van der Waals surface area contributed by atoms with Crippen molar-refractivity contribution in [1.29, 1.82) is 0 Å². The van der Waals surface area contributed by atoms with Crippen molar-refractivity contribution in [3.63, 3.8) is 0 Å². The minimum atomic E-state index is -0.176. The molecular formula is C15H16N2O3. The lowest BCUT2D eigenvalue weighted by atomic mass is 10.2. The van der Waals surface area contributed by atoms with Gasteiger partial charge < -0.3 is 9.84 Å². The lowest BCUT2D eigenvalue weighted by Gasteiger charge is -2.05. The van der Waals surface area contributed by atoms with Gasteiger partial charge in [0.25, 0.3) is 5.56 Å². The van der Waals surface area contributed by atoms with E-state index in [1.165, 1.54) is 23.9 Å². The van der Waals surface area contributed by atoms with Gasteiger partial charge in [-0.1, -0.05) is 0 Å². The number of phenolic OH excluding ortho intramolecular Hbond substituents is 1. The zero-order valence-corrected chi connectivity index (χ0v) is 11.6. The van der Waals surface area contributed by atoms with Crippen molar-refractivity contribution >= 4 is 6.21 Å². The molecule has 1 aromatic heterocycles.